The molecule has 2 rings (SSSR count). The van der Waals surface area contributed by atoms with E-state index in [-0.39, 0.29) is 24.2 Å². The SMILES string of the molecule is CCS(=O)(=O)CCOc1cccc2c1CCC2N. The van der Waals surface area contributed by atoms with Crippen LogP contribution < -0.4 is 10.5 Å². The summed E-state index contributed by atoms with van der Waals surface area (Å²) in [5.74, 6) is 1.01. The van der Waals surface area contributed by atoms with E-state index in [2.05, 4.69) is 0 Å². The van der Waals surface area contributed by atoms with Crippen molar-refractivity contribution in [2.75, 3.05) is 18.1 Å². The van der Waals surface area contributed by atoms with Crippen molar-refractivity contribution in [3.63, 3.8) is 0 Å². The molecule has 1 unspecified atom stereocenters. The lowest BCUT2D eigenvalue weighted by molar-refractivity contribution is 0.337. The summed E-state index contributed by atoms with van der Waals surface area (Å²) in [5, 5.41) is 0. The predicted octanol–water partition coefficient (Wildman–Crippen LogP) is 1.45. The molecule has 1 aliphatic rings. The van der Waals surface area contributed by atoms with Gasteiger partial charge in [-0.3, -0.25) is 0 Å². The van der Waals surface area contributed by atoms with Gasteiger partial charge in [0.1, 0.15) is 12.4 Å². The maximum atomic E-state index is 11.4. The van der Waals surface area contributed by atoms with Crippen molar-refractivity contribution in [3.8, 4) is 5.75 Å². The summed E-state index contributed by atoms with van der Waals surface area (Å²) in [4.78, 5) is 0. The molecule has 0 aliphatic heterocycles. The van der Waals surface area contributed by atoms with Crippen LogP contribution in [0.25, 0.3) is 0 Å². The molecule has 0 radical (unpaired) electrons. The molecule has 0 aromatic heterocycles. The molecule has 100 valence electrons. The van der Waals surface area contributed by atoms with Gasteiger partial charge in [-0.1, -0.05) is 19.1 Å². The minimum Gasteiger partial charge on any atom is -0.492 e. The molecule has 1 aliphatic carbocycles. The molecule has 5 heteroatoms. The van der Waals surface area contributed by atoms with Gasteiger partial charge in [-0.25, -0.2) is 8.42 Å². The third-order valence-electron chi connectivity index (χ3n) is 3.37. The van der Waals surface area contributed by atoms with Crippen LogP contribution in [0, 0.1) is 0 Å². The van der Waals surface area contributed by atoms with Gasteiger partial charge in [0.15, 0.2) is 9.84 Å². The number of sulfone groups is 1. The van der Waals surface area contributed by atoms with Gasteiger partial charge in [0.05, 0.1) is 5.75 Å². The van der Waals surface area contributed by atoms with Crippen molar-refractivity contribution >= 4 is 9.84 Å². The zero-order chi connectivity index (χ0) is 13.2. The first-order chi connectivity index (χ1) is 8.53. The van der Waals surface area contributed by atoms with Crippen LogP contribution >= 0.6 is 0 Å². The highest BCUT2D eigenvalue weighted by atomic mass is 32.2. The maximum absolute atomic E-state index is 11.4. The van der Waals surface area contributed by atoms with Crippen molar-refractivity contribution in [3.05, 3.63) is 29.3 Å². The molecule has 1 aromatic rings. The zero-order valence-electron chi connectivity index (χ0n) is 10.6. The molecular formula is C13H19NO3S. The van der Waals surface area contributed by atoms with E-state index in [1.165, 1.54) is 0 Å². The lowest BCUT2D eigenvalue weighted by Crippen LogP contribution is -2.16. The monoisotopic (exact) mass is 269 g/mol. The van der Waals surface area contributed by atoms with Crippen LogP contribution in [0.1, 0.15) is 30.5 Å². The first-order valence-corrected chi connectivity index (χ1v) is 8.06. The van der Waals surface area contributed by atoms with Crippen LogP contribution in [0.5, 0.6) is 5.75 Å². The second-order valence-corrected chi connectivity index (χ2v) is 7.03. The second-order valence-electron chi connectivity index (χ2n) is 4.55. The zero-order valence-corrected chi connectivity index (χ0v) is 11.4. The van der Waals surface area contributed by atoms with Gasteiger partial charge < -0.3 is 10.5 Å². The Morgan fingerprint density at radius 1 is 1.44 bits per heavy atom. The van der Waals surface area contributed by atoms with Crippen molar-refractivity contribution in [1.82, 2.24) is 0 Å². The highest BCUT2D eigenvalue weighted by Crippen LogP contribution is 2.35. The summed E-state index contributed by atoms with van der Waals surface area (Å²) < 4.78 is 28.4. The van der Waals surface area contributed by atoms with Crippen LogP contribution in [0.2, 0.25) is 0 Å². The van der Waals surface area contributed by atoms with E-state index in [1.807, 2.05) is 18.2 Å². The van der Waals surface area contributed by atoms with Crippen LogP contribution in [0.15, 0.2) is 18.2 Å². The lowest BCUT2D eigenvalue weighted by atomic mass is 10.1. The van der Waals surface area contributed by atoms with Crippen molar-refractivity contribution < 1.29 is 13.2 Å². The van der Waals surface area contributed by atoms with Crippen LogP contribution in [-0.2, 0) is 16.3 Å². The molecule has 1 atom stereocenters. The average Bonchev–Trinajstić information content (AvgIpc) is 2.72. The Hall–Kier alpha value is -1.07. The summed E-state index contributed by atoms with van der Waals surface area (Å²) in [7, 11) is -2.96. The number of nitrogens with two attached hydrogens (primary N) is 1. The van der Waals surface area contributed by atoms with Crippen molar-refractivity contribution in [2.24, 2.45) is 5.73 Å². The Morgan fingerprint density at radius 2 is 2.22 bits per heavy atom. The highest BCUT2D eigenvalue weighted by molar-refractivity contribution is 7.91. The summed E-state index contributed by atoms with van der Waals surface area (Å²) in [6.07, 6.45) is 1.84. The first kappa shape index (κ1) is 13.4. The topological polar surface area (TPSA) is 69.4 Å². The van der Waals surface area contributed by atoms with E-state index < -0.39 is 9.84 Å². The number of hydrogen-bond donors (Lipinski definition) is 1. The van der Waals surface area contributed by atoms with Gasteiger partial charge in [-0.05, 0) is 30.0 Å². The summed E-state index contributed by atoms with van der Waals surface area (Å²) in [6, 6.07) is 5.90. The van der Waals surface area contributed by atoms with E-state index in [0.29, 0.717) is 0 Å². The van der Waals surface area contributed by atoms with Gasteiger partial charge in [-0.2, -0.15) is 0 Å². The molecule has 0 heterocycles. The van der Waals surface area contributed by atoms with Crippen LogP contribution in [0.4, 0.5) is 0 Å². The van der Waals surface area contributed by atoms with Crippen LogP contribution in [0.3, 0.4) is 0 Å². The summed E-state index contributed by atoms with van der Waals surface area (Å²) in [5.41, 5.74) is 8.25. The summed E-state index contributed by atoms with van der Waals surface area (Å²) in [6.45, 7) is 1.86. The minimum atomic E-state index is -2.96. The molecule has 2 N–H and O–H groups in total. The van der Waals surface area contributed by atoms with Gasteiger partial charge >= 0.3 is 0 Å². The Kier molecular flexibility index (Phi) is 3.92. The number of ether oxygens (including phenoxy) is 1. The Balaban J connectivity index is 2.03. The van der Waals surface area contributed by atoms with Gasteiger partial charge in [0.2, 0.25) is 0 Å². The van der Waals surface area contributed by atoms with E-state index >= 15 is 0 Å². The minimum absolute atomic E-state index is 0.0687. The standard InChI is InChI=1S/C13H19NO3S/c1-2-18(15,16)9-8-17-13-5-3-4-10-11(13)6-7-12(10)14/h3-5,12H,2,6-9,14H2,1H3. The largest absolute Gasteiger partial charge is 0.492 e. The van der Waals surface area contributed by atoms with Crippen molar-refractivity contribution in [2.45, 2.75) is 25.8 Å². The molecule has 1 aromatic carbocycles. The Labute approximate surface area is 108 Å². The summed E-state index contributed by atoms with van der Waals surface area (Å²) >= 11 is 0. The third kappa shape index (κ3) is 2.84. The van der Waals surface area contributed by atoms with E-state index in [0.717, 1.165) is 29.7 Å². The molecule has 0 amide bonds. The number of benzene rings is 1. The van der Waals surface area contributed by atoms with Crippen LogP contribution in [-0.4, -0.2) is 26.5 Å². The number of fused-ring (bicyclic) bond motifs is 1. The van der Waals surface area contributed by atoms with Crippen molar-refractivity contribution in [1.29, 1.82) is 0 Å². The smallest absolute Gasteiger partial charge is 0.153 e. The third-order valence-corrected chi connectivity index (χ3v) is 5.03. The molecule has 4 nitrogen and oxygen atoms in total. The molecular weight excluding hydrogens is 250 g/mol. The average molecular weight is 269 g/mol. The molecule has 0 saturated carbocycles. The van der Waals surface area contributed by atoms with Gasteiger partial charge in [0, 0.05) is 11.8 Å². The highest BCUT2D eigenvalue weighted by Gasteiger charge is 2.22. The normalized spacial score (nSPS) is 18.7. The van der Waals surface area contributed by atoms with Gasteiger partial charge in [0.25, 0.3) is 0 Å². The predicted molar refractivity (Wildman–Crippen MR) is 71.5 cm³/mol. The molecule has 18 heavy (non-hydrogen) atoms. The Bertz CT molecular complexity index is 525. The van der Waals surface area contributed by atoms with E-state index in [9.17, 15) is 8.42 Å². The fourth-order valence-corrected chi connectivity index (χ4v) is 2.84. The van der Waals surface area contributed by atoms with E-state index in [1.54, 1.807) is 6.92 Å². The number of rotatable bonds is 5. The second kappa shape index (κ2) is 5.28. The number of hydrogen-bond acceptors (Lipinski definition) is 4. The lowest BCUT2D eigenvalue weighted by Gasteiger charge is -2.11. The maximum Gasteiger partial charge on any atom is 0.153 e. The molecule has 0 bridgehead atoms. The van der Waals surface area contributed by atoms with E-state index in [4.69, 9.17) is 10.5 Å². The quantitative estimate of drug-likeness (QED) is 0.878. The molecule has 0 fully saturated rings. The molecule has 0 saturated heterocycles. The van der Waals surface area contributed by atoms with Gasteiger partial charge in [-0.15, -0.1) is 0 Å². The molecule has 0 spiro atoms. The Morgan fingerprint density at radius 3 is 2.94 bits per heavy atom. The fourth-order valence-electron chi connectivity index (χ4n) is 2.21. The fraction of sp³-hybridized carbons (Fsp3) is 0.538. The first-order valence-electron chi connectivity index (χ1n) is 6.24.